The van der Waals surface area contributed by atoms with Crippen molar-refractivity contribution in [1.82, 2.24) is 25.0 Å². The lowest BCUT2D eigenvalue weighted by Crippen LogP contribution is -2.46. The molecule has 1 atom stereocenters. The Hall–Kier alpha value is -2.87. The normalized spacial score (nSPS) is 16.4. The molecule has 31 heavy (non-hydrogen) atoms. The molecule has 1 saturated heterocycles. The average Bonchev–Trinajstić information content (AvgIpc) is 3.51. The summed E-state index contributed by atoms with van der Waals surface area (Å²) in [5, 5.41) is 11.8. The monoisotopic (exact) mass is 431 g/mol. The molecule has 7 heteroatoms. The van der Waals surface area contributed by atoms with Crippen LogP contribution in [0.3, 0.4) is 0 Å². The first-order valence-corrected chi connectivity index (χ1v) is 11.5. The van der Waals surface area contributed by atoms with Crippen molar-refractivity contribution in [2.24, 2.45) is 0 Å². The van der Waals surface area contributed by atoms with Crippen LogP contribution in [0.15, 0.2) is 70.5 Å². The van der Waals surface area contributed by atoms with E-state index < -0.39 is 0 Å². The van der Waals surface area contributed by atoms with Gasteiger partial charge < -0.3 is 4.42 Å². The summed E-state index contributed by atoms with van der Waals surface area (Å²) in [6, 6.07) is 20.4. The molecule has 2 aromatic carbocycles. The molecule has 0 N–H and O–H groups in total. The van der Waals surface area contributed by atoms with Crippen molar-refractivity contribution in [2.45, 2.75) is 19.5 Å². The quantitative estimate of drug-likeness (QED) is 0.440. The van der Waals surface area contributed by atoms with Gasteiger partial charge in [-0.1, -0.05) is 48.5 Å². The topological polar surface area (TPSA) is 58.3 Å². The summed E-state index contributed by atoms with van der Waals surface area (Å²) in [6.07, 6.45) is 0. The number of piperazine rings is 1. The Bertz CT molecular complexity index is 1100. The standard InChI is InChI=1S/C24H25N5OS/c1-18(22-26-27-23(30-22)19-8-4-2-5-9-19)29-14-12-28(13-15-29)16-21-17-31-24(25-21)20-10-6-3-7-11-20/h2-11,17-18H,12-16H2,1H3. The van der Waals surface area contributed by atoms with Crippen molar-refractivity contribution in [1.29, 1.82) is 0 Å². The zero-order valence-corrected chi connectivity index (χ0v) is 18.3. The molecule has 0 spiro atoms. The molecule has 2 aromatic heterocycles. The van der Waals surface area contributed by atoms with E-state index in [0.29, 0.717) is 11.8 Å². The van der Waals surface area contributed by atoms with Gasteiger partial charge in [0.2, 0.25) is 11.8 Å². The highest BCUT2D eigenvalue weighted by molar-refractivity contribution is 7.13. The molecule has 0 saturated carbocycles. The smallest absolute Gasteiger partial charge is 0.247 e. The number of hydrogen-bond donors (Lipinski definition) is 0. The van der Waals surface area contributed by atoms with E-state index in [9.17, 15) is 0 Å². The molecule has 0 amide bonds. The van der Waals surface area contributed by atoms with Gasteiger partial charge in [0.25, 0.3) is 0 Å². The summed E-state index contributed by atoms with van der Waals surface area (Å²) in [4.78, 5) is 9.72. The van der Waals surface area contributed by atoms with Crippen LogP contribution in [-0.4, -0.2) is 51.2 Å². The lowest BCUT2D eigenvalue weighted by molar-refractivity contribution is 0.0870. The zero-order chi connectivity index (χ0) is 21.0. The van der Waals surface area contributed by atoms with Gasteiger partial charge in [0.1, 0.15) is 5.01 Å². The van der Waals surface area contributed by atoms with Crippen LogP contribution < -0.4 is 0 Å². The van der Waals surface area contributed by atoms with Gasteiger partial charge in [-0.2, -0.15) is 0 Å². The molecule has 0 radical (unpaired) electrons. The van der Waals surface area contributed by atoms with E-state index in [4.69, 9.17) is 9.40 Å². The maximum absolute atomic E-state index is 5.97. The molecule has 0 bridgehead atoms. The van der Waals surface area contributed by atoms with E-state index in [1.807, 2.05) is 36.4 Å². The van der Waals surface area contributed by atoms with Gasteiger partial charge in [0.15, 0.2) is 0 Å². The molecule has 6 nitrogen and oxygen atoms in total. The Morgan fingerprint density at radius 1 is 0.903 bits per heavy atom. The predicted octanol–water partition coefficient (Wildman–Crippen LogP) is 4.74. The second kappa shape index (κ2) is 9.09. The highest BCUT2D eigenvalue weighted by Crippen LogP contribution is 2.26. The maximum atomic E-state index is 5.97. The highest BCUT2D eigenvalue weighted by atomic mass is 32.1. The molecular formula is C24H25N5OS. The van der Waals surface area contributed by atoms with E-state index in [2.05, 4.69) is 56.6 Å². The number of aromatic nitrogens is 3. The summed E-state index contributed by atoms with van der Waals surface area (Å²) in [7, 11) is 0. The van der Waals surface area contributed by atoms with Crippen LogP contribution in [0.5, 0.6) is 0 Å². The average molecular weight is 432 g/mol. The Labute approximate surface area is 186 Å². The molecular weight excluding hydrogens is 406 g/mol. The third-order valence-electron chi connectivity index (χ3n) is 5.73. The largest absolute Gasteiger partial charge is 0.419 e. The molecule has 158 valence electrons. The summed E-state index contributed by atoms with van der Waals surface area (Å²) in [6.45, 7) is 6.99. The first kappa shape index (κ1) is 20.1. The minimum atomic E-state index is 0.107. The lowest BCUT2D eigenvalue weighted by Gasteiger charge is -2.36. The number of rotatable bonds is 6. The van der Waals surface area contributed by atoms with E-state index in [0.717, 1.165) is 49.0 Å². The molecule has 5 rings (SSSR count). The molecule has 1 aliphatic heterocycles. The Morgan fingerprint density at radius 3 is 2.29 bits per heavy atom. The summed E-state index contributed by atoms with van der Waals surface area (Å²) in [5.41, 5.74) is 3.29. The number of benzene rings is 2. The highest BCUT2D eigenvalue weighted by Gasteiger charge is 2.26. The van der Waals surface area contributed by atoms with Crippen molar-refractivity contribution in [3.05, 3.63) is 77.6 Å². The van der Waals surface area contributed by atoms with Gasteiger partial charge in [-0.05, 0) is 19.1 Å². The Kier molecular flexibility index (Phi) is 5.88. The maximum Gasteiger partial charge on any atom is 0.247 e. The van der Waals surface area contributed by atoms with Gasteiger partial charge in [0.05, 0.1) is 11.7 Å². The fourth-order valence-corrected chi connectivity index (χ4v) is 4.70. The van der Waals surface area contributed by atoms with Gasteiger partial charge >= 0.3 is 0 Å². The van der Waals surface area contributed by atoms with Gasteiger partial charge in [-0.3, -0.25) is 9.80 Å². The molecule has 1 unspecified atom stereocenters. The summed E-state index contributed by atoms with van der Waals surface area (Å²) in [5.74, 6) is 1.26. The Morgan fingerprint density at radius 2 is 1.58 bits per heavy atom. The predicted molar refractivity (Wildman–Crippen MR) is 123 cm³/mol. The van der Waals surface area contributed by atoms with Crippen LogP contribution in [0.25, 0.3) is 22.0 Å². The van der Waals surface area contributed by atoms with E-state index in [1.54, 1.807) is 11.3 Å². The number of hydrogen-bond acceptors (Lipinski definition) is 7. The fourth-order valence-electron chi connectivity index (χ4n) is 3.89. The van der Waals surface area contributed by atoms with Crippen molar-refractivity contribution >= 4 is 11.3 Å². The number of thiazole rings is 1. The third-order valence-corrected chi connectivity index (χ3v) is 6.67. The van der Waals surface area contributed by atoms with E-state index in [1.165, 1.54) is 5.56 Å². The van der Waals surface area contributed by atoms with Crippen LogP contribution in [0, 0.1) is 0 Å². The van der Waals surface area contributed by atoms with Gasteiger partial charge in [-0.25, -0.2) is 4.98 Å². The second-order valence-corrected chi connectivity index (χ2v) is 8.67. The van der Waals surface area contributed by atoms with Gasteiger partial charge in [-0.15, -0.1) is 21.5 Å². The molecule has 3 heterocycles. The molecule has 1 fully saturated rings. The van der Waals surface area contributed by atoms with Gasteiger partial charge in [0, 0.05) is 49.2 Å². The molecule has 1 aliphatic rings. The summed E-state index contributed by atoms with van der Waals surface area (Å²) < 4.78 is 5.97. The fraction of sp³-hybridized carbons (Fsp3) is 0.292. The van der Waals surface area contributed by atoms with Crippen LogP contribution in [0.4, 0.5) is 0 Å². The van der Waals surface area contributed by atoms with Crippen LogP contribution in [-0.2, 0) is 6.54 Å². The lowest BCUT2D eigenvalue weighted by atomic mass is 10.2. The Balaban J connectivity index is 1.16. The second-order valence-electron chi connectivity index (χ2n) is 7.81. The van der Waals surface area contributed by atoms with Crippen LogP contribution in [0.2, 0.25) is 0 Å². The molecule has 0 aliphatic carbocycles. The van der Waals surface area contributed by atoms with E-state index in [-0.39, 0.29) is 6.04 Å². The first-order valence-electron chi connectivity index (χ1n) is 10.6. The minimum absolute atomic E-state index is 0.107. The van der Waals surface area contributed by atoms with Crippen molar-refractivity contribution < 1.29 is 4.42 Å². The number of nitrogens with zero attached hydrogens (tertiary/aromatic N) is 5. The third kappa shape index (κ3) is 4.58. The van der Waals surface area contributed by atoms with Crippen LogP contribution in [0.1, 0.15) is 24.6 Å². The van der Waals surface area contributed by atoms with Crippen molar-refractivity contribution in [3.8, 4) is 22.0 Å². The first-order chi connectivity index (χ1) is 15.3. The SMILES string of the molecule is CC(c1nnc(-c2ccccc2)o1)N1CCN(Cc2csc(-c3ccccc3)n2)CC1. The minimum Gasteiger partial charge on any atom is -0.419 e. The molecule has 4 aromatic rings. The van der Waals surface area contributed by atoms with Crippen LogP contribution >= 0.6 is 11.3 Å². The van der Waals surface area contributed by atoms with Crippen molar-refractivity contribution in [2.75, 3.05) is 26.2 Å². The zero-order valence-electron chi connectivity index (χ0n) is 17.5. The van der Waals surface area contributed by atoms with E-state index >= 15 is 0 Å². The van der Waals surface area contributed by atoms with Crippen molar-refractivity contribution in [3.63, 3.8) is 0 Å². The summed E-state index contributed by atoms with van der Waals surface area (Å²) >= 11 is 1.72.